The Hall–Kier alpha value is -3.12. The highest BCUT2D eigenvalue weighted by atomic mass is 19.1. The quantitative estimate of drug-likeness (QED) is 0.748. The van der Waals surface area contributed by atoms with E-state index in [1.807, 2.05) is 18.2 Å². The highest BCUT2D eigenvalue weighted by molar-refractivity contribution is 5.74. The topological polar surface area (TPSA) is 67.8 Å². The number of halogens is 3. The van der Waals surface area contributed by atoms with Gasteiger partial charge in [-0.2, -0.15) is 0 Å². The zero-order chi connectivity index (χ0) is 20.7. The van der Waals surface area contributed by atoms with Crippen LogP contribution in [0.1, 0.15) is 24.0 Å². The Morgan fingerprint density at radius 2 is 1.50 bits per heavy atom. The van der Waals surface area contributed by atoms with Gasteiger partial charge in [-0.05, 0) is 23.8 Å². The summed E-state index contributed by atoms with van der Waals surface area (Å²) in [7, 11) is 0. The lowest BCUT2D eigenvalue weighted by Crippen LogP contribution is -2.47. The maximum atomic E-state index is 14.0. The van der Waals surface area contributed by atoms with Crippen molar-refractivity contribution in [3.05, 3.63) is 95.3 Å². The molecule has 0 aromatic heterocycles. The van der Waals surface area contributed by atoms with E-state index >= 15 is 0 Å². The molecule has 3 nitrogen and oxygen atoms in total. The largest absolute Gasteiger partial charge is 0.550 e. The van der Waals surface area contributed by atoms with Gasteiger partial charge in [-0.3, -0.25) is 0 Å². The number of carboxylic acid groups (broad SMARTS) is 1. The number of rotatable bonds is 4. The van der Waals surface area contributed by atoms with Crippen molar-refractivity contribution in [2.45, 2.75) is 19.4 Å². The zero-order valence-corrected chi connectivity index (χ0v) is 15.3. The maximum absolute atomic E-state index is 14.0. The summed E-state index contributed by atoms with van der Waals surface area (Å²) in [6.45, 7) is 2.25. The van der Waals surface area contributed by atoms with Crippen LogP contribution in [0.5, 0.6) is 0 Å². The summed E-state index contributed by atoms with van der Waals surface area (Å²) in [6, 6.07) is 16.7. The summed E-state index contributed by atoms with van der Waals surface area (Å²) < 4.78 is 40.4. The van der Waals surface area contributed by atoms with Crippen LogP contribution in [0.25, 0.3) is 11.1 Å². The first-order valence-corrected chi connectivity index (χ1v) is 8.62. The zero-order valence-electron chi connectivity index (χ0n) is 15.3. The Morgan fingerprint density at radius 3 is 1.96 bits per heavy atom. The van der Waals surface area contributed by atoms with Crippen LogP contribution < -0.4 is 10.8 Å². The molecule has 0 spiro atoms. The molecule has 3 aromatic rings. The molecule has 0 fully saturated rings. The molecule has 0 aliphatic carbocycles. The Morgan fingerprint density at radius 1 is 0.929 bits per heavy atom. The van der Waals surface area contributed by atoms with Gasteiger partial charge in [-0.15, -0.1) is 0 Å². The summed E-state index contributed by atoms with van der Waals surface area (Å²) in [5.74, 6) is -4.72. The molecule has 1 unspecified atom stereocenters. The van der Waals surface area contributed by atoms with Gasteiger partial charge >= 0.3 is 0 Å². The fraction of sp³-hybridized carbons (Fsp3) is 0.136. The third kappa shape index (κ3) is 5.44. The SMILES string of the molecule is CC(C(=O)[O-])c1ccc(-c2ccc(F)cc2F)c(F)c1.[NH3+]Cc1ccccc1. The van der Waals surface area contributed by atoms with Crippen LogP contribution in [-0.2, 0) is 11.3 Å². The summed E-state index contributed by atoms with van der Waals surface area (Å²) in [5, 5.41) is 10.7. The van der Waals surface area contributed by atoms with Crippen molar-refractivity contribution in [2.24, 2.45) is 0 Å². The molecule has 3 aromatic carbocycles. The average Bonchev–Trinajstić information content (AvgIpc) is 2.69. The summed E-state index contributed by atoms with van der Waals surface area (Å²) in [4.78, 5) is 10.7. The van der Waals surface area contributed by atoms with E-state index in [4.69, 9.17) is 0 Å². The van der Waals surface area contributed by atoms with Crippen LogP contribution in [0.4, 0.5) is 13.2 Å². The van der Waals surface area contributed by atoms with Crippen molar-refractivity contribution in [3.8, 4) is 11.1 Å². The molecule has 3 rings (SSSR count). The van der Waals surface area contributed by atoms with Gasteiger partial charge in [-0.1, -0.05) is 49.4 Å². The van der Waals surface area contributed by atoms with Gasteiger partial charge in [0.1, 0.15) is 17.5 Å². The van der Waals surface area contributed by atoms with Crippen molar-refractivity contribution < 1.29 is 28.8 Å². The minimum absolute atomic E-state index is 0.0585. The van der Waals surface area contributed by atoms with Gasteiger partial charge in [0.05, 0.1) is 6.54 Å². The van der Waals surface area contributed by atoms with Crippen molar-refractivity contribution in [3.63, 3.8) is 0 Å². The molecule has 0 aliphatic heterocycles. The molecule has 0 bridgehead atoms. The molecule has 3 N–H and O–H groups in total. The van der Waals surface area contributed by atoms with Gasteiger partial charge in [0.25, 0.3) is 0 Å². The predicted molar refractivity (Wildman–Crippen MR) is 98.2 cm³/mol. The minimum atomic E-state index is -1.33. The Kier molecular flexibility index (Phi) is 7.35. The number of benzene rings is 3. The number of carboxylic acids is 1. The second-order valence-corrected chi connectivity index (χ2v) is 6.14. The Balaban J connectivity index is 0.000000292. The highest BCUT2D eigenvalue weighted by Crippen LogP contribution is 2.28. The normalized spacial score (nSPS) is 11.3. The van der Waals surface area contributed by atoms with Gasteiger partial charge in [-0.25, -0.2) is 13.2 Å². The monoisotopic (exact) mass is 387 g/mol. The number of aliphatic carboxylic acids is 1. The summed E-state index contributed by atoms with van der Waals surface area (Å²) >= 11 is 0. The second kappa shape index (κ2) is 9.71. The van der Waals surface area contributed by atoms with Crippen LogP contribution in [0.15, 0.2) is 66.7 Å². The number of hydrogen-bond acceptors (Lipinski definition) is 2. The predicted octanol–water partition coefficient (Wildman–Crippen LogP) is 3.05. The third-order valence-electron chi connectivity index (χ3n) is 4.20. The molecule has 0 aliphatic rings. The summed E-state index contributed by atoms with van der Waals surface area (Å²) in [5.41, 5.74) is 5.13. The van der Waals surface area contributed by atoms with Crippen LogP contribution in [0, 0.1) is 17.5 Å². The lowest BCUT2D eigenvalue weighted by molar-refractivity contribution is -0.386. The Bertz CT molecular complexity index is 946. The van der Waals surface area contributed by atoms with E-state index in [2.05, 4.69) is 17.9 Å². The number of hydrogen-bond donors (Lipinski definition) is 1. The first-order valence-electron chi connectivity index (χ1n) is 8.62. The van der Waals surface area contributed by atoms with Crippen LogP contribution >= 0.6 is 0 Å². The van der Waals surface area contributed by atoms with Crippen molar-refractivity contribution >= 4 is 5.97 Å². The molecule has 0 radical (unpaired) electrons. The lowest BCUT2D eigenvalue weighted by atomic mass is 9.97. The molecule has 0 saturated heterocycles. The molecule has 0 amide bonds. The molecular weight excluding hydrogens is 367 g/mol. The fourth-order valence-corrected chi connectivity index (χ4v) is 2.51. The number of carbonyl (C=O) groups excluding carboxylic acids is 1. The molecule has 0 saturated carbocycles. The molecule has 28 heavy (non-hydrogen) atoms. The first kappa shape index (κ1) is 21.2. The van der Waals surface area contributed by atoms with Gasteiger partial charge in [0.15, 0.2) is 0 Å². The standard InChI is InChI=1S/C15H11F3O2.C7H9N/c1-8(15(19)20)9-2-4-11(13(17)6-9)12-5-3-10(16)7-14(12)18;8-6-7-4-2-1-3-5-7/h2-8H,1H3,(H,19,20);1-5H,6,8H2. The Labute approximate surface area is 161 Å². The first-order chi connectivity index (χ1) is 13.3. The van der Waals surface area contributed by atoms with E-state index in [9.17, 15) is 23.1 Å². The molecule has 0 heterocycles. The van der Waals surface area contributed by atoms with Crippen LogP contribution in [-0.4, -0.2) is 5.97 Å². The van der Waals surface area contributed by atoms with E-state index in [0.29, 0.717) is 6.07 Å². The van der Waals surface area contributed by atoms with Crippen LogP contribution in [0.2, 0.25) is 0 Å². The molecule has 146 valence electrons. The summed E-state index contributed by atoms with van der Waals surface area (Å²) in [6.07, 6.45) is 0. The molecule has 6 heteroatoms. The highest BCUT2D eigenvalue weighted by Gasteiger charge is 2.14. The molecular formula is C22H20F3NO2. The van der Waals surface area contributed by atoms with Crippen LogP contribution in [0.3, 0.4) is 0 Å². The lowest BCUT2D eigenvalue weighted by Gasteiger charge is -2.14. The van der Waals surface area contributed by atoms with Crippen molar-refractivity contribution in [2.75, 3.05) is 0 Å². The van der Waals surface area contributed by atoms with E-state index in [-0.39, 0.29) is 16.7 Å². The van der Waals surface area contributed by atoms with E-state index < -0.39 is 29.3 Å². The van der Waals surface area contributed by atoms with Crippen molar-refractivity contribution in [1.29, 1.82) is 0 Å². The number of quaternary nitrogens is 1. The second-order valence-electron chi connectivity index (χ2n) is 6.14. The third-order valence-corrected chi connectivity index (χ3v) is 4.20. The van der Waals surface area contributed by atoms with E-state index in [1.54, 1.807) is 0 Å². The van der Waals surface area contributed by atoms with Gasteiger partial charge in [0.2, 0.25) is 0 Å². The van der Waals surface area contributed by atoms with Crippen molar-refractivity contribution in [1.82, 2.24) is 0 Å². The van der Waals surface area contributed by atoms with Gasteiger partial charge < -0.3 is 15.6 Å². The fourth-order valence-electron chi connectivity index (χ4n) is 2.51. The van der Waals surface area contributed by atoms with E-state index in [1.165, 1.54) is 24.6 Å². The number of carbonyl (C=O) groups is 1. The maximum Gasteiger partial charge on any atom is 0.134 e. The minimum Gasteiger partial charge on any atom is -0.550 e. The smallest absolute Gasteiger partial charge is 0.134 e. The van der Waals surface area contributed by atoms with E-state index in [0.717, 1.165) is 24.7 Å². The molecule has 1 atom stereocenters. The average molecular weight is 387 g/mol. The van der Waals surface area contributed by atoms with Gasteiger partial charge in [0, 0.05) is 34.6 Å².